The summed E-state index contributed by atoms with van der Waals surface area (Å²) >= 11 is 1.64. The van der Waals surface area contributed by atoms with Crippen molar-refractivity contribution in [2.75, 3.05) is 12.3 Å². The van der Waals surface area contributed by atoms with Gasteiger partial charge in [0.1, 0.15) is 17.5 Å². The molecule has 2 aromatic heterocycles. The number of nitrogens with zero attached hydrogens (tertiary/aromatic N) is 4. The Morgan fingerprint density at radius 3 is 2.78 bits per heavy atom. The smallest absolute Gasteiger partial charge is 0.264 e. The van der Waals surface area contributed by atoms with Crippen LogP contribution < -0.4 is 10.9 Å². The lowest BCUT2D eigenvalue weighted by molar-refractivity contribution is -0.120. The first-order chi connectivity index (χ1) is 15.6. The van der Waals surface area contributed by atoms with Crippen LogP contribution in [0.1, 0.15) is 12.0 Å². The lowest BCUT2D eigenvalue weighted by Gasteiger charge is -2.08. The standard InChI is InChI=1S/C23H22FN5O2S/c24-18-6-4-5-17(13-18)15-28-16-26-22-20(23(28)31)14-27-29(22)11-10-25-21(30)9-12-32-19-7-2-1-3-8-19/h1-8,13-14,16H,9-12,15H2,(H,25,30). The van der Waals surface area contributed by atoms with E-state index in [9.17, 15) is 14.0 Å². The van der Waals surface area contributed by atoms with Gasteiger partial charge in [-0.15, -0.1) is 11.8 Å². The molecule has 0 unspecified atom stereocenters. The number of benzene rings is 2. The van der Waals surface area contributed by atoms with Gasteiger partial charge < -0.3 is 5.32 Å². The summed E-state index contributed by atoms with van der Waals surface area (Å²) in [5, 5.41) is 7.50. The summed E-state index contributed by atoms with van der Waals surface area (Å²) in [6.45, 7) is 1.02. The molecule has 164 valence electrons. The van der Waals surface area contributed by atoms with Crippen molar-refractivity contribution in [2.24, 2.45) is 0 Å². The van der Waals surface area contributed by atoms with E-state index in [0.29, 0.717) is 41.9 Å². The Labute approximate surface area is 188 Å². The van der Waals surface area contributed by atoms with Crippen LogP contribution in [0.3, 0.4) is 0 Å². The van der Waals surface area contributed by atoms with Crippen LogP contribution in [0.15, 0.2) is 76.8 Å². The first-order valence-electron chi connectivity index (χ1n) is 10.2. The highest BCUT2D eigenvalue weighted by atomic mass is 32.2. The molecule has 32 heavy (non-hydrogen) atoms. The van der Waals surface area contributed by atoms with E-state index in [0.717, 1.165) is 4.90 Å². The molecular formula is C23H22FN5O2S. The van der Waals surface area contributed by atoms with Crippen LogP contribution in [-0.4, -0.2) is 37.5 Å². The van der Waals surface area contributed by atoms with Crippen LogP contribution in [0, 0.1) is 5.82 Å². The SMILES string of the molecule is O=C(CCSc1ccccc1)NCCn1ncc2c(=O)n(Cc3cccc(F)c3)cnc21. The van der Waals surface area contributed by atoms with Gasteiger partial charge in [-0.2, -0.15) is 5.10 Å². The molecule has 0 aliphatic heterocycles. The summed E-state index contributed by atoms with van der Waals surface area (Å²) in [6.07, 6.45) is 3.33. The molecule has 0 fully saturated rings. The van der Waals surface area contributed by atoms with E-state index >= 15 is 0 Å². The fourth-order valence-electron chi connectivity index (χ4n) is 3.27. The lowest BCUT2D eigenvalue weighted by atomic mass is 10.2. The maximum Gasteiger partial charge on any atom is 0.264 e. The van der Waals surface area contributed by atoms with Crippen LogP contribution in [0.5, 0.6) is 0 Å². The van der Waals surface area contributed by atoms with Gasteiger partial charge in [0.05, 0.1) is 19.3 Å². The second-order valence-corrected chi connectivity index (χ2v) is 8.34. The molecule has 0 aliphatic rings. The van der Waals surface area contributed by atoms with Crippen molar-refractivity contribution < 1.29 is 9.18 Å². The zero-order valence-corrected chi connectivity index (χ0v) is 18.1. The minimum Gasteiger partial charge on any atom is -0.354 e. The minimum atomic E-state index is -0.349. The summed E-state index contributed by atoms with van der Waals surface area (Å²) < 4.78 is 16.4. The van der Waals surface area contributed by atoms with Crippen molar-refractivity contribution in [1.29, 1.82) is 0 Å². The van der Waals surface area contributed by atoms with Gasteiger partial charge in [0, 0.05) is 23.6 Å². The quantitative estimate of drug-likeness (QED) is 0.396. The van der Waals surface area contributed by atoms with Crippen molar-refractivity contribution in [3.05, 3.63) is 88.9 Å². The van der Waals surface area contributed by atoms with Crippen molar-refractivity contribution >= 4 is 28.7 Å². The molecule has 0 radical (unpaired) electrons. The number of thioether (sulfide) groups is 1. The Bertz CT molecular complexity index is 1270. The number of hydrogen-bond acceptors (Lipinski definition) is 5. The van der Waals surface area contributed by atoms with E-state index in [1.165, 1.54) is 29.2 Å². The van der Waals surface area contributed by atoms with Crippen LogP contribution in [0.4, 0.5) is 4.39 Å². The van der Waals surface area contributed by atoms with Crippen LogP contribution in [-0.2, 0) is 17.9 Å². The number of halogens is 1. The monoisotopic (exact) mass is 451 g/mol. The van der Waals surface area contributed by atoms with Crippen molar-refractivity contribution in [3.8, 4) is 0 Å². The molecule has 2 aromatic carbocycles. The highest BCUT2D eigenvalue weighted by Gasteiger charge is 2.11. The Hall–Kier alpha value is -3.46. The molecule has 0 atom stereocenters. The van der Waals surface area contributed by atoms with Crippen LogP contribution >= 0.6 is 11.8 Å². The second kappa shape index (κ2) is 10.2. The molecule has 2 heterocycles. The van der Waals surface area contributed by atoms with Gasteiger partial charge in [-0.25, -0.2) is 14.1 Å². The number of carbonyl (C=O) groups is 1. The molecule has 4 rings (SSSR count). The van der Waals surface area contributed by atoms with Gasteiger partial charge in [0.15, 0.2) is 5.65 Å². The van der Waals surface area contributed by atoms with E-state index in [4.69, 9.17) is 0 Å². The molecule has 0 saturated carbocycles. The fraction of sp³-hybridized carbons (Fsp3) is 0.217. The first-order valence-corrected chi connectivity index (χ1v) is 11.2. The van der Waals surface area contributed by atoms with E-state index in [-0.39, 0.29) is 23.8 Å². The maximum absolute atomic E-state index is 13.4. The topological polar surface area (TPSA) is 81.8 Å². The summed E-state index contributed by atoms with van der Waals surface area (Å²) in [7, 11) is 0. The number of aromatic nitrogens is 4. The highest BCUT2D eigenvalue weighted by Crippen LogP contribution is 2.17. The summed E-state index contributed by atoms with van der Waals surface area (Å²) in [4.78, 5) is 30.3. The van der Waals surface area contributed by atoms with Crippen molar-refractivity contribution in [3.63, 3.8) is 0 Å². The molecular weight excluding hydrogens is 429 g/mol. The average molecular weight is 452 g/mol. The maximum atomic E-state index is 13.4. The zero-order chi connectivity index (χ0) is 22.3. The zero-order valence-electron chi connectivity index (χ0n) is 17.3. The van der Waals surface area contributed by atoms with E-state index in [1.54, 1.807) is 28.6 Å². The minimum absolute atomic E-state index is 0.0321. The van der Waals surface area contributed by atoms with Crippen molar-refractivity contribution in [1.82, 2.24) is 24.6 Å². The Morgan fingerprint density at radius 1 is 1.12 bits per heavy atom. The Morgan fingerprint density at radius 2 is 1.97 bits per heavy atom. The van der Waals surface area contributed by atoms with E-state index in [1.807, 2.05) is 30.3 Å². The summed E-state index contributed by atoms with van der Waals surface area (Å²) in [5.41, 5.74) is 0.889. The van der Waals surface area contributed by atoms with Gasteiger partial charge in [0.25, 0.3) is 5.56 Å². The van der Waals surface area contributed by atoms with Crippen LogP contribution in [0.25, 0.3) is 11.0 Å². The predicted octanol–water partition coefficient (Wildman–Crippen LogP) is 3.08. The number of hydrogen-bond donors (Lipinski definition) is 1. The molecule has 7 nitrogen and oxygen atoms in total. The molecule has 0 spiro atoms. The third-order valence-corrected chi connectivity index (χ3v) is 5.86. The fourth-order valence-corrected chi connectivity index (χ4v) is 4.15. The van der Waals surface area contributed by atoms with Gasteiger partial charge in [-0.05, 0) is 29.8 Å². The summed E-state index contributed by atoms with van der Waals surface area (Å²) in [5.74, 6) is 0.320. The van der Waals surface area contributed by atoms with E-state index < -0.39 is 0 Å². The van der Waals surface area contributed by atoms with Gasteiger partial charge in [-0.1, -0.05) is 30.3 Å². The second-order valence-electron chi connectivity index (χ2n) is 7.17. The number of fused-ring (bicyclic) bond motifs is 1. The van der Waals surface area contributed by atoms with Gasteiger partial charge in [-0.3, -0.25) is 14.2 Å². The van der Waals surface area contributed by atoms with Gasteiger partial charge in [0.2, 0.25) is 5.91 Å². The number of nitrogens with one attached hydrogen (secondary N) is 1. The average Bonchev–Trinajstić information content (AvgIpc) is 3.20. The van der Waals surface area contributed by atoms with Crippen molar-refractivity contribution in [2.45, 2.75) is 24.4 Å². The molecule has 1 N–H and O–H groups in total. The molecule has 0 saturated heterocycles. The molecule has 4 aromatic rings. The van der Waals surface area contributed by atoms with Crippen LogP contribution in [0.2, 0.25) is 0 Å². The third kappa shape index (κ3) is 5.42. The predicted molar refractivity (Wildman–Crippen MR) is 122 cm³/mol. The number of rotatable bonds is 9. The summed E-state index contributed by atoms with van der Waals surface area (Å²) in [6, 6.07) is 16.1. The number of carbonyl (C=O) groups excluding carboxylic acids is 1. The highest BCUT2D eigenvalue weighted by molar-refractivity contribution is 7.99. The first kappa shape index (κ1) is 21.8. The lowest BCUT2D eigenvalue weighted by Crippen LogP contribution is -2.28. The Kier molecular flexibility index (Phi) is 6.96. The normalized spacial score (nSPS) is 11.0. The number of amides is 1. The largest absolute Gasteiger partial charge is 0.354 e. The van der Waals surface area contributed by atoms with Gasteiger partial charge >= 0.3 is 0 Å². The van der Waals surface area contributed by atoms with E-state index in [2.05, 4.69) is 15.4 Å². The Balaban J connectivity index is 1.31. The molecule has 0 aliphatic carbocycles. The third-order valence-electron chi connectivity index (χ3n) is 4.85. The molecule has 0 bridgehead atoms. The molecule has 9 heteroatoms. The molecule has 1 amide bonds.